The van der Waals surface area contributed by atoms with Gasteiger partial charge in [-0.05, 0) is 40.1 Å². The fourth-order valence-corrected chi connectivity index (χ4v) is 2.38. The Morgan fingerprint density at radius 2 is 1.96 bits per heavy atom. The van der Waals surface area contributed by atoms with Crippen LogP contribution in [0.3, 0.4) is 0 Å². The molecule has 0 saturated heterocycles. The smallest absolute Gasteiger partial charge is 0.322 e. The van der Waals surface area contributed by atoms with Crippen molar-refractivity contribution in [3.8, 4) is 11.8 Å². The molecule has 0 fully saturated rings. The molecular formula is C17H28N6O. The lowest BCUT2D eigenvalue weighted by molar-refractivity contribution is 0.408. The molecular weight excluding hydrogens is 304 g/mol. The Kier molecular flexibility index (Phi) is 6.16. The van der Waals surface area contributed by atoms with Gasteiger partial charge < -0.3 is 20.3 Å². The molecule has 7 nitrogen and oxygen atoms in total. The van der Waals surface area contributed by atoms with Crippen LogP contribution in [0.4, 0.5) is 5.69 Å². The molecule has 1 aromatic heterocycles. The van der Waals surface area contributed by atoms with Crippen molar-refractivity contribution in [3.05, 3.63) is 30.1 Å². The third-order valence-electron chi connectivity index (χ3n) is 3.82. The minimum absolute atomic E-state index is 0.182. The molecule has 0 bridgehead atoms. The number of anilines is 1. The molecule has 24 heavy (non-hydrogen) atoms. The van der Waals surface area contributed by atoms with E-state index in [0.717, 1.165) is 30.4 Å². The predicted molar refractivity (Wildman–Crippen MR) is 96.6 cm³/mol. The van der Waals surface area contributed by atoms with Gasteiger partial charge in [-0.2, -0.15) is 0 Å². The van der Waals surface area contributed by atoms with Gasteiger partial charge in [-0.3, -0.25) is 4.57 Å². The van der Waals surface area contributed by atoms with E-state index in [1.165, 1.54) is 0 Å². The highest BCUT2D eigenvalue weighted by molar-refractivity contribution is 5.50. The summed E-state index contributed by atoms with van der Waals surface area (Å²) < 4.78 is 7.84. The molecule has 0 amide bonds. The Morgan fingerprint density at radius 3 is 2.58 bits per heavy atom. The van der Waals surface area contributed by atoms with Gasteiger partial charge in [-0.1, -0.05) is 11.2 Å². The van der Waals surface area contributed by atoms with Crippen LogP contribution in [0.5, 0.6) is 11.8 Å². The molecule has 1 atom stereocenters. The molecule has 0 aliphatic carbocycles. The third kappa shape index (κ3) is 4.46. The van der Waals surface area contributed by atoms with Crippen LogP contribution in [0.1, 0.15) is 25.7 Å². The van der Waals surface area contributed by atoms with Crippen molar-refractivity contribution in [3.63, 3.8) is 0 Å². The minimum Gasteiger partial charge on any atom is -0.424 e. The van der Waals surface area contributed by atoms with Gasteiger partial charge in [0.15, 0.2) is 5.82 Å². The number of hydrogen-bond donors (Lipinski definition) is 1. The van der Waals surface area contributed by atoms with Gasteiger partial charge in [-0.15, -0.1) is 5.10 Å². The van der Waals surface area contributed by atoms with E-state index in [0.29, 0.717) is 12.6 Å². The lowest BCUT2D eigenvalue weighted by Crippen LogP contribution is -2.28. The molecule has 0 saturated carbocycles. The van der Waals surface area contributed by atoms with Crippen molar-refractivity contribution in [1.82, 2.24) is 19.7 Å². The number of aromatic nitrogens is 3. The van der Waals surface area contributed by atoms with Gasteiger partial charge in [0.05, 0.1) is 6.04 Å². The van der Waals surface area contributed by atoms with E-state index in [1.807, 2.05) is 36.6 Å². The predicted octanol–water partition coefficient (Wildman–Crippen LogP) is 2.11. The number of benzene rings is 1. The number of likely N-dealkylation sites (N-methyl/N-ethyl adjacent to an activating group) is 2. The quantitative estimate of drug-likeness (QED) is 0.798. The molecule has 2 N–H and O–H groups in total. The van der Waals surface area contributed by atoms with Crippen LogP contribution in [0.2, 0.25) is 0 Å². The van der Waals surface area contributed by atoms with Gasteiger partial charge in [0, 0.05) is 38.4 Å². The summed E-state index contributed by atoms with van der Waals surface area (Å²) in [5.74, 6) is 1.47. The number of nitrogens with two attached hydrogens (primary N) is 1. The van der Waals surface area contributed by atoms with Crippen LogP contribution in [0.25, 0.3) is 0 Å². The summed E-state index contributed by atoms with van der Waals surface area (Å²) in [4.78, 5) is 4.36. The molecule has 1 aromatic carbocycles. The maximum absolute atomic E-state index is 5.94. The second-order valence-electron chi connectivity index (χ2n) is 6.20. The Bertz CT molecular complexity index is 652. The van der Waals surface area contributed by atoms with Crippen LogP contribution >= 0.6 is 0 Å². The SMILES string of the molecule is CCn1c(Oc2cccc(N(C)CCN(C)C)c2)nnc1[C@@H](C)N. The number of hydrogen-bond acceptors (Lipinski definition) is 6. The molecule has 2 rings (SSSR count). The summed E-state index contributed by atoms with van der Waals surface area (Å²) in [6, 6.07) is 8.27. The van der Waals surface area contributed by atoms with E-state index < -0.39 is 0 Å². The third-order valence-corrected chi connectivity index (χ3v) is 3.82. The van der Waals surface area contributed by atoms with Crippen LogP contribution < -0.4 is 15.4 Å². The van der Waals surface area contributed by atoms with Crippen LogP contribution in [-0.2, 0) is 6.54 Å². The van der Waals surface area contributed by atoms with E-state index >= 15 is 0 Å². The lowest BCUT2D eigenvalue weighted by atomic mass is 10.3. The van der Waals surface area contributed by atoms with Crippen molar-refractivity contribution in [2.24, 2.45) is 5.73 Å². The first-order valence-corrected chi connectivity index (χ1v) is 8.24. The monoisotopic (exact) mass is 332 g/mol. The average Bonchev–Trinajstić information content (AvgIpc) is 2.95. The molecule has 0 spiro atoms. The summed E-state index contributed by atoms with van der Waals surface area (Å²) in [6.45, 7) is 6.55. The average molecular weight is 332 g/mol. The fourth-order valence-electron chi connectivity index (χ4n) is 2.38. The van der Waals surface area contributed by atoms with Crippen molar-refractivity contribution in [2.45, 2.75) is 26.4 Å². The van der Waals surface area contributed by atoms with Gasteiger partial charge in [0.25, 0.3) is 0 Å². The van der Waals surface area contributed by atoms with Gasteiger partial charge in [-0.25, -0.2) is 0 Å². The van der Waals surface area contributed by atoms with Crippen LogP contribution in [0.15, 0.2) is 24.3 Å². The van der Waals surface area contributed by atoms with E-state index in [2.05, 4.69) is 47.2 Å². The Labute approximate surface area is 144 Å². The first-order valence-electron chi connectivity index (χ1n) is 8.24. The topological polar surface area (TPSA) is 72.4 Å². The zero-order valence-corrected chi connectivity index (χ0v) is 15.2. The second-order valence-corrected chi connectivity index (χ2v) is 6.20. The van der Waals surface area contributed by atoms with Crippen LogP contribution in [-0.4, -0.2) is 53.9 Å². The van der Waals surface area contributed by atoms with Gasteiger partial charge in [0.2, 0.25) is 0 Å². The maximum Gasteiger partial charge on any atom is 0.322 e. The molecule has 0 radical (unpaired) electrons. The highest BCUT2D eigenvalue weighted by Gasteiger charge is 2.15. The molecule has 2 aromatic rings. The highest BCUT2D eigenvalue weighted by Crippen LogP contribution is 2.26. The minimum atomic E-state index is -0.182. The molecule has 0 aliphatic rings. The number of rotatable bonds is 8. The number of nitrogens with zero attached hydrogens (tertiary/aromatic N) is 5. The summed E-state index contributed by atoms with van der Waals surface area (Å²) in [5.41, 5.74) is 7.03. The largest absolute Gasteiger partial charge is 0.424 e. The fraction of sp³-hybridized carbons (Fsp3) is 0.529. The molecule has 1 heterocycles. The van der Waals surface area contributed by atoms with Crippen molar-refractivity contribution in [1.29, 1.82) is 0 Å². The van der Waals surface area contributed by atoms with Crippen molar-refractivity contribution in [2.75, 3.05) is 39.1 Å². The molecule has 0 unspecified atom stereocenters. The Hall–Kier alpha value is -2.12. The second kappa shape index (κ2) is 8.12. The van der Waals surface area contributed by atoms with Crippen molar-refractivity contribution < 1.29 is 4.74 Å². The summed E-state index contributed by atoms with van der Waals surface area (Å²) >= 11 is 0. The maximum atomic E-state index is 5.94. The normalized spacial score (nSPS) is 12.5. The Morgan fingerprint density at radius 1 is 1.21 bits per heavy atom. The summed E-state index contributed by atoms with van der Waals surface area (Å²) in [6.07, 6.45) is 0. The first kappa shape index (κ1) is 18.2. The number of ether oxygens (including phenoxy) is 1. The van der Waals surface area contributed by atoms with E-state index in [4.69, 9.17) is 10.5 Å². The lowest BCUT2D eigenvalue weighted by Gasteiger charge is -2.22. The standard InChI is InChI=1S/C17H28N6O/c1-6-23-16(13(2)18)19-20-17(23)24-15-9-7-8-14(12-15)22(5)11-10-21(3)4/h7-9,12-13H,6,10-11,18H2,1-5H3/t13-/m1/s1. The summed E-state index contributed by atoms with van der Waals surface area (Å²) in [7, 11) is 6.22. The Balaban J connectivity index is 2.15. The zero-order chi connectivity index (χ0) is 17.7. The van der Waals surface area contributed by atoms with Gasteiger partial charge >= 0.3 is 6.01 Å². The van der Waals surface area contributed by atoms with Gasteiger partial charge in [0.1, 0.15) is 5.75 Å². The highest BCUT2D eigenvalue weighted by atomic mass is 16.5. The van der Waals surface area contributed by atoms with E-state index in [1.54, 1.807) is 0 Å². The van der Waals surface area contributed by atoms with E-state index in [9.17, 15) is 0 Å². The first-order chi connectivity index (χ1) is 11.4. The molecule has 0 aliphatic heterocycles. The van der Waals surface area contributed by atoms with Crippen molar-refractivity contribution >= 4 is 5.69 Å². The summed E-state index contributed by atoms with van der Waals surface area (Å²) in [5, 5.41) is 8.26. The van der Waals surface area contributed by atoms with Crippen LogP contribution in [0, 0.1) is 0 Å². The zero-order valence-electron chi connectivity index (χ0n) is 15.2. The molecule has 7 heteroatoms. The molecule has 132 valence electrons. The van der Waals surface area contributed by atoms with E-state index in [-0.39, 0.29) is 6.04 Å².